The molecule has 0 radical (unpaired) electrons. The average molecular weight is 245 g/mol. The molecule has 3 aliphatic heterocycles. The van der Waals surface area contributed by atoms with Crippen molar-refractivity contribution in [3.05, 3.63) is 35.9 Å². The van der Waals surface area contributed by atoms with Crippen molar-refractivity contribution in [2.75, 3.05) is 39.3 Å². The van der Waals surface area contributed by atoms with Crippen molar-refractivity contribution in [3.8, 4) is 0 Å². The van der Waals surface area contributed by atoms with Crippen LogP contribution in [0.25, 0.3) is 0 Å². The van der Waals surface area contributed by atoms with Crippen molar-refractivity contribution in [1.29, 1.82) is 0 Å². The third-order valence-electron chi connectivity index (χ3n) is 3.93. The second-order valence-corrected chi connectivity index (χ2v) is 5.07. The summed E-state index contributed by atoms with van der Waals surface area (Å²) >= 11 is 0. The van der Waals surface area contributed by atoms with E-state index >= 15 is 0 Å². The Morgan fingerprint density at radius 3 is 2.50 bits per heavy atom. The van der Waals surface area contributed by atoms with Crippen LogP contribution in [0, 0.1) is 0 Å². The number of rotatable bonds is 3. The van der Waals surface area contributed by atoms with E-state index in [-0.39, 0.29) is 5.91 Å². The zero-order chi connectivity index (χ0) is 12.4. The predicted octanol–water partition coefficient (Wildman–Crippen LogP) is 0.416. The van der Waals surface area contributed by atoms with Crippen molar-refractivity contribution in [2.24, 2.45) is 0 Å². The van der Waals surface area contributed by atoms with Crippen molar-refractivity contribution in [2.45, 2.75) is 6.04 Å². The maximum absolute atomic E-state index is 12.0. The summed E-state index contributed by atoms with van der Waals surface area (Å²) < 4.78 is 0. The molecule has 0 aromatic heterocycles. The SMILES string of the molecule is O=C(NCC1CN2CCN1CC2)c1ccccc1. The summed E-state index contributed by atoms with van der Waals surface area (Å²) in [5.41, 5.74) is 0.744. The van der Waals surface area contributed by atoms with Crippen molar-refractivity contribution >= 4 is 5.91 Å². The fraction of sp³-hybridized carbons (Fsp3) is 0.500. The molecule has 1 atom stereocenters. The standard InChI is InChI=1S/C14H19N3O/c18-14(12-4-2-1-3-5-12)15-10-13-11-16-6-8-17(13)9-7-16/h1-5,13H,6-11H2,(H,15,18). The van der Waals surface area contributed by atoms with E-state index in [0.29, 0.717) is 6.04 Å². The van der Waals surface area contributed by atoms with Gasteiger partial charge in [0.1, 0.15) is 0 Å². The van der Waals surface area contributed by atoms with Gasteiger partial charge < -0.3 is 5.32 Å². The van der Waals surface area contributed by atoms with Crippen LogP contribution in [0.3, 0.4) is 0 Å². The van der Waals surface area contributed by atoms with Crippen LogP contribution in [0.5, 0.6) is 0 Å². The summed E-state index contributed by atoms with van der Waals surface area (Å²) in [5, 5.41) is 3.05. The van der Waals surface area contributed by atoms with Gasteiger partial charge >= 0.3 is 0 Å². The number of carbonyl (C=O) groups excluding carboxylic acids is 1. The highest BCUT2D eigenvalue weighted by Gasteiger charge is 2.31. The van der Waals surface area contributed by atoms with E-state index in [2.05, 4.69) is 15.1 Å². The number of nitrogens with zero attached hydrogens (tertiary/aromatic N) is 2. The summed E-state index contributed by atoms with van der Waals surface area (Å²) in [6, 6.07) is 9.91. The minimum absolute atomic E-state index is 0.0354. The van der Waals surface area contributed by atoms with Gasteiger partial charge in [0.15, 0.2) is 0 Å². The van der Waals surface area contributed by atoms with Crippen molar-refractivity contribution in [3.63, 3.8) is 0 Å². The Balaban J connectivity index is 1.54. The lowest BCUT2D eigenvalue weighted by Gasteiger charge is -2.47. The Kier molecular flexibility index (Phi) is 3.30. The first-order valence-corrected chi connectivity index (χ1v) is 6.62. The lowest BCUT2D eigenvalue weighted by atomic mass is 10.1. The molecule has 4 heteroatoms. The topological polar surface area (TPSA) is 35.6 Å². The third-order valence-corrected chi connectivity index (χ3v) is 3.93. The van der Waals surface area contributed by atoms with Crippen molar-refractivity contribution < 1.29 is 4.79 Å². The largest absolute Gasteiger partial charge is 0.350 e. The summed E-state index contributed by atoms with van der Waals surface area (Å²) in [6.07, 6.45) is 0. The van der Waals surface area contributed by atoms with Crippen LogP contribution >= 0.6 is 0 Å². The third kappa shape index (κ3) is 2.40. The molecule has 0 aliphatic carbocycles. The Bertz CT molecular complexity index is 412. The summed E-state index contributed by atoms with van der Waals surface area (Å²) in [6.45, 7) is 6.50. The maximum atomic E-state index is 12.0. The maximum Gasteiger partial charge on any atom is 0.251 e. The fourth-order valence-corrected chi connectivity index (χ4v) is 2.82. The molecule has 4 rings (SSSR count). The highest BCUT2D eigenvalue weighted by molar-refractivity contribution is 5.94. The zero-order valence-electron chi connectivity index (χ0n) is 10.5. The monoisotopic (exact) mass is 245 g/mol. The Morgan fingerprint density at radius 1 is 1.17 bits per heavy atom. The molecule has 2 bridgehead atoms. The number of carbonyl (C=O) groups is 1. The Labute approximate surface area is 108 Å². The molecule has 1 N–H and O–H groups in total. The highest BCUT2D eigenvalue weighted by atomic mass is 16.1. The van der Waals surface area contributed by atoms with E-state index in [1.165, 1.54) is 13.1 Å². The first-order valence-electron chi connectivity index (χ1n) is 6.62. The summed E-state index contributed by atoms with van der Waals surface area (Å²) in [5.74, 6) is 0.0354. The number of nitrogens with one attached hydrogen (secondary N) is 1. The van der Waals surface area contributed by atoms with Crippen LogP contribution < -0.4 is 5.32 Å². The second kappa shape index (κ2) is 5.08. The van der Waals surface area contributed by atoms with Crippen molar-refractivity contribution in [1.82, 2.24) is 15.1 Å². The Hall–Kier alpha value is -1.39. The quantitative estimate of drug-likeness (QED) is 0.838. The number of benzene rings is 1. The molecule has 1 unspecified atom stereocenters. The van der Waals surface area contributed by atoms with E-state index < -0.39 is 0 Å². The number of hydrogen-bond acceptors (Lipinski definition) is 3. The van der Waals surface area contributed by atoms with E-state index in [1.807, 2.05) is 30.3 Å². The van der Waals surface area contributed by atoms with Crippen LogP contribution in [-0.4, -0.2) is 61.0 Å². The number of piperazine rings is 3. The molecular formula is C14H19N3O. The van der Waals surface area contributed by atoms with Gasteiger partial charge in [0, 0.05) is 50.9 Å². The normalized spacial score (nSPS) is 30.1. The van der Waals surface area contributed by atoms with E-state index in [4.69, 9.17) is 0 Å². The van der Waals surface area contributed by atoms with Gasteiger partial charge in [-0.05, 0) is 12.1 Å². The van der Waals surface area contributed by atoms with Crippen LogP contribution in [-0.2, 0) is 0 Å². The molecule has 0 saturated carbocycles. The first kappa shape index (κ1) is 11.7. The van der Waals surface area contributed by atoms with Crippen LogP contribution in [0.1, 0.15) is 10.4 Å². The van der Waals surface area contributed by atoms with E-state index in [1.54, 1.807) is 0 Å². The van der Waals surface area contributed by atoms with Gasteiger partial charge in [-0.15, -0.1) is 0 Å². The molecule has 3 aliphatic rings. The molecule has 96 valence electrons. The van der Waals surface area contributed by atoms with Crippen LogP contribution in [0.2, 0.25) is 0 Å². The zero-order valence-corrected chi connectivity index (χ0v) is 10.5. The van der Waals surface area contributed by atoms with Gasteiger partial charge in [-0.25, -0.2) is 0 Å². The van der Waals surface area contributed by atoms with Gasteiger partial charge in [0.25, 0.3) is 5.91 Å². The van der Waals surface area contributed by atoms with Gasteiger partial charge in [0.05, 0.1) is 0 Å². The van der Waals surface area contributed by atoms with Gasteiger partial charge in [-0.3, -0.25) is 14.6 Å². The lowest BCUT2D eigenvalue weighted by Crippen LogP contribution is -2.63. The molecule has 3 heterocycles. The summed E-state index contributed by atoms with van der Waals surface area (Å²) in [4.78, 5) is 16.9. The number of fused-ring (bicyclic) bond motifs is 3. The smallest absolute Gasteiger partial charge is 0.251 e. The average Bonchev–Trinajstić information content (AvgIpc) is 2.47. The van der Waals surface area contributed by atoms with Gasteiger partial charge in [-0.1, -0.05) is 18.2 Å². The molecule has 3 fully saturated rings. The molecule has 1 aromatic rings. The molecule has 4 nitrogen and oxygen atoms in total. The lowest BCUT2D eigenvalue weighted by molar-refractivity contribution is 0.0138. The second-order valence-electron chi connectivity index (χ2n) is 5.07. The predicted molar refractivity (Wildman–Crippen MR) is 70.6 cm³/mol. The van der Waals surface area contributed by atoms with Crippen LogP contribution in [0.4, 0.5) is 0 Å². The minimum Gasteiger partial charge on any atom is -0.350 e. The fourth-order valence-electron chi connectivity index (χ4n) is 2.82. The van der Waals surface area contributed by atoms with Gasteiger partial charge in [0.2, 0.25) is 0 Å². The molecule has 18 heavy (non-hydrogen) atoms. The molecule has 1 aromatic carbocycles. The summed E-state index contributed by atoms with van der Waals surface area (Å²) in [7, 11) is 0. The molecular weight excluding hydrogens is 226 g/mol. The molecule has 1 amide bonds. The number of amides is 1. The number of hydrogen-bond donors (Lipinski definition) is 1. The molecule has 0 spiro atoms. The highest BCUT2D eigenvalue weighted by Crippen LogP contribution is 2.14. The van der Waals surface area contributed by atoms with Crippen LogP contribution in [0.15, 0.2) is 30.3 Å². The van der Waals surface area contributed by atoms with E-state index in [9.17, 15) is 4.79 Å². The van der Waals surface area contributed by atoms with Gasteiger partial charge in [-0.2, -0.15) is 0 Å². The first-order chi connectivity index (χ1) is 8.83. The van der Waals surface area contributed by atoms with E-state index in [0.717, 1.165) is 31.7 Å². The molecule has 3 saturated heterocycles. The minimum atomic E-state index is 0.0354. The Morgan fingerprint density at radius 2 is 1.89 bits per heavy atom.